The van der Waals surface area contributed by atoms with Gasteiger partial charge in [-0.15, -0.1) is 0 Å². The lowest BCUT2D eigenvalue weighted by Crippen LogP contribution is -2.37. The SMILES string of the molecule is CCCCCC=CCC=CCC=CCCCCCOCC(COCCCCCCCC)N(C)C. The molecule has 0 aliphatic rings. The van der Waals surface area contributed by atoms with Gasteiger partial charge in [-0.1, -0.05) is 102 Å². The summed E-state index contributed by atoms with van der Waals surface area (Å²) in [4.78, 5) is 2.23. The highest BCUT2D eigenvalue weighted by Gasteiger charge is 2.11. The van der Waals surface area contributed by atoms with Gasteiger partial charge in [-0.05, 0) is 65.5 Å². The minimum atomic E-state index is 0.354. The second-order valence-corrected chi connectivity index (χ2v) is 9.77. The Morgan fingerprint density at radius 2 is 0.941 bits per heavy atom. The smallest absolute Gasteiger partial charge is 0.0644 e. The quantitative estimate of drug-likeness (QED) is 0.0916. The van der Waals surface area contributed by atoms with Crippen molar-refractivity contribution in [1.82, 2.24) is 4.90 Å². The van der Waals surface area contributed by atoms with Crippen molar-refractivity contribution in [1.29, 1.82) is 0 Å². The number of unbranched alkanes of at least 4 members (excludes halogenated alkanes) is 11. The Bertz CT molecular complexity index is 470. The number of hydrogen-bond donors (Lipinski definition) is 0. The molecule has 0 N–H and O–H groups in total. The molecule has 0 aromatic rings. The maximum absolute atomic E-state index is 5.94. The molecule has 0 bridgehead atoms. The summed E-state index contributed by atoms with van der Waals surface area (Å²) >= 11 is 0. The Labute approximate surface area is 214 Å². The van der Waals surface area contributed by atoms with Gasteiger partial charge < -0.3 is 14.4 Å². The van der Waals surface area contributed by atoms with Crippen LogP contribution in [0.25, 0.3) is 0 Å². The van der Waals surface area contributed by atoms with Crippen LogP contribution in [-0.2, 0) is 9.47 Å². The molecule has 200 valence electrons. The Balaban J connectivity index is 3.53. The van der Waals surface area contributed by atoms with E-state index in [1.165, 1.54) is 83.5 Å². The molecule has 1 atom stereocenters. The third-order valence-corrected chi connectivity index (χ3v) is 6.17. The van der Waals surface area contributed by atoms with Crippen molar-refractivity contribution in [3.8, 4) is 0 Å². The molecular formula is C31H59NO2. The first kappa shape index (κ1) is 33.1. The van der Waals surface area contributed by atoms with Crippen molar-refractivity contribution in [2.24, 2.45) is 0 Å². The fourth-order valence-corrected chi connectivity index (χ4v) is 3.70. The van der Waals surface area contributed by atoms with E-state index in [0.29, 0.717) is 6.04 Å². The summed E-state index contributed by atoms with van der Waals surface area (Å²) in [5.41, 5.74) is 0. The predicted octanol–water partition coefficient (Wildman–Crippen LogP) is 8.90. The molecule has 1 unspecified atom stereocenters. The molecule has 3 heteroatoms. The molecule has 0 heterocycles. The minimum absolute atomic E-state index is 0.354. The van der Waals surface area contributed by atoms with E-state index in [1.54, 1.807) is 0 Å². The second kappa shape index (κ2) is 28.3. The van der Waals surface area contributed by atoms with E-state index in [0.717, 1.165) is 45.7 Å². The predicted molar refractivity (Wildman–Crippen MR) is 152 cm³/mol. The number of rotatable bonds is 26. The van der Waals surface area contributed by atoms with Gasteiger partial charge in [0, 0.05) is 13.2 Å². The summed E-state index contributed by atoms with van der Waals surface area (Å²) in [6.07, 6.45) is 33.8. The van der Waals surface area contributed by atoms with Crippen molar-refractivity contribution in [3.05, 3.63) is 36.5 Å². The lowest BCUT2D eigenvalue weighted by atomic mass is 10.1. The molecule has 0 amide bonds. The van der Waals surface area contributed by atoms with E-state index in [9.17, 15) is 0 Å². The zero-order chi connectivity index (χ0) is 25.0. The summed E-state index contributed by atoms with van der Waals surface area (Å²) < 4.78 is 11.9. The van der Waals surface area contributed by atoms with Gasteiger partial charge in [-0.2, -0.15) is 0 Å². The number of likely N-dealkylation sites (N-methyl/N-ethyl adjacent to an activating group) is 1. The summed E-state index contributed by atoms with van der Waals surface area (Å²) in [7, 11) is 4.24. The monoisotopic (exact) mass is 477 g/mol. The van der Waals surface area contributed by atoms with Crippen molar-refractivity contribution in [3.63, 3.8) is 0 Å². The van der Waals surface area contributed by atoms with Crippen LogP contribution in [0.3, 0.4) is 0 Å². The molecular weight excluding hydrogens is 418 g/mol. The van der Waals surface area contributed by atoms with Gasteiger partial charge in [-0.3, -0.25) is 0 Å². The summed E-state index contributed by atoms with van der Waals surface area (Å²) in [6.45, 7) is 7.81. The van der Waals surface area contributed by atoms with E-state index in [2.05, 4.69) is 69.3 Å². The Morgan fingerprint density at radius 3 is 1.47 bits per heavy atom. The van der Waals surface area contributed by atoms with Crippen LogP contribution in [0, 0.1) is 0 Å². The second-order valence-electron chi connectivity index (χ2n) is 9.77. The van der Waals surface area contributed by atoms with Crippen molar-refractivity contribution >= 4 is 0 Å². The van der Waals surface area contributed by atoms with Crippen LogP contribution < -0.4 is 0 Å². The average Bonchev–Trinajstić information content (AvgIpc) is 2.83. The first-order chi connectivity index (χ1) is 16.7. The van der Waals surface area contributed by atoms with E-state index in [4.69, 9.17) is 9.47 Å². The molecule has 3 nitrogen and oxygen atoms in total. The molecule has 0 saturated heterocycles. The van der Waals surface area contributed by atoms with Gasteiger partial charge in [0.05, 0.1) is 19.3 Å². The maximum atomic E-state index is 5.94. The number of hydrogen-bond acceptors (Lipinski definition) is 3. The minimum Gasteiger partial charge on any atom is -0.380 e. The van der Waals surface area contributed by atoms with E-state index in [1.807, 2.05) is 0 Å². The van der Waals surface area contributed by atoms with Crippen LogP contribution in [-0.4, -0.2) is 51.5 Å². The first-order valence-electron chi connectivity index (χ1n) is 14.5. The van der Waals surface area contributed by atoms with E-state index >= 15 is 0 Å². The number of ether oxygens (including phenoxy) is 2. The van der Waals surface area contributed by atoms with Crippen LogP contribution in [0.15, 0.2) is 36.5 Å². The number of allylic oxidation sites excluding steroid dienone is 6. The molecule has 0 aliphatic heterocycles. The third kappa shape index (κ3) is 25.7. The van der Waals surface area contributed by atoms with Crippen molar-refractivity contribution in [2.45, 2.75) is 123 Å². The van der Waals surface area contributed by atoms with Crippen LogP contribution in [0.1, 0.15) is 117 Å². The molecule has 0 saturated carbocycles. The largest absolute Gasteiger partial charge is 0.380 e. The van der Waals surface area contributed by atoms with Crippen molar-refractivity contribution < 1.29 is 9.47 Å². The van der Waals surface area contributed by atoms with Crippen LogP contribution in [0.2, 0.25) is 0 Å². The molecule has 0 fully saturated rings. The molecule has 0 radical (unpaired) electrons. The van der Waals surface area contributed by atoms with Gasteiger partial charge in [-0.25, -0.2) is 0 Å². The first-order valence-corrected chi connectivity index (χ1v) is 14.5. The normalized spacial score (nSPS) is 13.3. The van der Waals surface area contributed by atoms with E-state index < -0.39 is 0 Å². The molecule has 0 aromatic carbocycles. The Kier molecular flexibility index (Phi) is 27.6. The zero-order valence-corrected chi connectivity index (χ0v) is 23.4. The zero-order valence-electron chi connectivity index (χ0n) is 23.4. The fraction of sp³-hybridized carbons (Fsp3) is 0.806. The maximum Gasteiger partial charge on any atom is 0.0644 e. The standard InChI is InChI=1S/C31H59NO2/c1-5-7-9-11-13-14-15-16-17-18-19-20-21-22-24-26-28-34-30-31(32(3)4)29-33-27-25-23-12-10-8-6-2/h13-14,16-17,19-20,31H,5-12,15,18,21-30H2,1-4H3. The average molecular weight is 478 g/mol. The molecule has 0 rings (SSSR count). The van der Waals surface area contributed by atoms with E-state index in [-0.39, 0.29) is 0 Å². The summed E-state index contributed by atoms with van der Waals surface area (Å²) in [5, 5.41) is 0. The van der Waals surface area contributed by atoms with Gasteiger partial charge in [0.2, 0.25) is 0 Å². The highest BCUT2D eigenvalue weighted by molar-refractivity contribution is 4.97. The highest BCUT2D eigenvalue weighted by atomic mass is 16.5. The van der Waals surface area contributed by atoms with Crippen LogP contribution in [0.4, 0.5) is 0 Å². The van der Waals surface area contributed by atoms with Crippen molar-refractivity contribution in [2.75, 3.05) is 40.5 Å². The third-order valence-electron chi connectivity index (χ3n) is 6.17. The molecule has 0 spiro atoms. The van der Waals surface area contributed by atoms with Gasteiger partial charge in [0.1, 0.15) is 0 Å². The Hall–Kier alpha value is -0.900. The lowest BCUT2D eigenvalue weighted by molar-refractivity contribution is 0.0198. The van der Waals surface area contributed by atoms with Gasteiger partial charge in [0.25, 0.3) is 0 Å². The molecule has 0 aromatic heterocycles. The van der Waals surface area contributed by atoms with Crippen LogP contribution in [0.5, 0.6) is 0 Å². The Morgan fingerprint density at radius 1 is 0.529 bits per heavy atom. The number of nitrogens with zero attached hydrogens (tertiary/aromatic N) is 1. The topological polar surface area (TPSA) is 21.7 Å². The fourth-order valence-electron chi connectivity index (χ4n) is 3.70. The highest BCUT2D eigenvalue weighted by Crippen LogP contribution is 2.07. The molecule has 34 heavy (non-hydrogen) atoms. The van der Waals surface area contributed by atoms with Gasteiger partial charge in [0.15, 0.2) is 0 Å². The molecule has 0 aliphatic carbocycles. The van der Waals surface area contributed by atoms with Gasteiger partial charge >= 0.3 is 0 Å². The lowest BCUT2D eigenvalue weighted by Gasteiger charge is -2.24. The van der Waals surface area contributed by atoms with Crippen LogP contribution >= 0.6 is 0 Å². The summed E-state index contributed by atoms with van der Waals surface area (Å²) in [5.74, 6) is 0. The summed E-state index contributed by atoms with van der Waals surface area (Å²) in [6, 6.07) is 0.354.